The largest absolute Gasteiger partial charge is 0.497 e. The van der Waals surface area contributed by atoms with Crippen LogP contribution in [0, 0.1) is 0 Å². The quantitative estimate of drug-likeness (QED) is 0.838. The van der Waals surface area contributed by atoms with Crippen LogP contribution in [0.25, 0.3) is 0 Å². The molecule has 0 saturated carbocycles. The number of nitrogens with zero attached hydrogens (tertiary/aromatic N) is 2. The number of hydrogen-bond donors (Lipinski definition) is 1. The minimum absolute atomic E-state index is 0.535. The van der Waals surface area contributed by atoms with Crippen LogP contribution < -0.4 is 9.64 Å². The lowest BCUT2D eigenvalue weighted by Gasteiger charge is -2.24. The third-order valence-electron chi connectivity index (χ3n) is 5.25. The molecular formula is C21H25N2O2S+. The first-order valence-corrected chi connectivity index (χ1v) is 10.1. The first-order chi connectivity index (χ1) is 12.7. The van der Waals surface area contributed by atoms with Crippen molar-refractivity contribution in [2.75, 3.05) is 30.9 Å². The van der Waals surface area contributed by atoms with Crippen LogP contribution in [0.5, 0.6) is 5.75 Å². The molecule has 2 heterocycles. The number of benzene rings is 2. The summed E-state index contributed by atoms with van der Waals surface area (Å²) < 4.78 is 7.45. The Bertz CT molecular complexity index is 817. The molecule has 136 valence electrons. The van der Waals surface area contributed by atoms with E-state index in [0.717, 1.165) is 47.3 Å². The van der Waals surface area contributed by atoms with Crippen LogP contribution in [0.15, 0.2) is 48.5 Å². The van der Waals surface area contributed by atoms with E-state index in [1.807, 2.05) is 23.9 Å². The van der Waals surface area contributed by atoms with Crippen molar-refractivity contribution in [2.45, 2.75) is 25.5 Å². The standard InChI is InChI=1S/C21H25N2O2S/c1-3-16-5-7-17(8-6-16)21(24)15-22(20-23(21)13-4-14-26-20)18-9-11-19(25-2)12-10-18/h5-12,24H,3-4,13-15H2,1-2H3/q+1/t21-/m1/s1. The molecule has 4 nitrogen and oxygen atoms in total. The van der Waals surface area contributed by atoms with Gasteiger partial charge in [-0.15, -0.1) is 0 Å². The van der Waals surface area contributed by atoms with E-state index < -0.39 is 5.72 Å². The Balaban J connectivity index is 1.73. The van der Waals surface area contributed by atoms with Gasteiger partial charge in [0.15, 0.2) is 6.54 Å². The Hall–Kier alpha value is -1.98. The number of ether oxygens (including phenoxy) is 1. The SMILES string of the molecule is CCc1ccc([C@]2(O)CN(c3ccc(OC)cc3)C3=[N+]2CCCS3)cc1. The Morgan fingerprint density at radius 3 is 2.54 bits per heavy atom. The lowest BCUT2D eigenvalue weighted by molar-refractivity contribution is -0.656. The summed E-state index contributed by atoms with van der Waals surface area (Å²) in [5.74, 6) is 1.93. The number of thioether (sulfide) groups is 1. The maximum atomic E-state index is 11.7. The molecule has 1 N–H and O–H groups in total. The average Bonchev–Trinajstić information content (AvgIpc) is 3.02. The summed E-state index contributed by atoms with van der Waals surface area (Å²) in [4.78, 5) is 2.23. The molecule has 1 atom stereocenters. The van der Waals surface area contributed by atoms with Gasteiger partial charge >= 0.3 is 5.17 Å². The molecule has 0 aliphatic carbocycles. The zero-order valence-corrected chi connectivity index (χ0v) is 16.1. The van der Waals surface area contributed by atoms with Crippen molar-refractivity contribution < 1.29 is 14.4 Å². The van der Waals surface area contributed by atoms with Gasteiger partial charge in [-0.3, -0.25) is 0 Å². The highest BCUT2D eigenvalue weighted by atomic mass is 32.2. The third kappa shape index (κ3) is 2.89. The fourth-order valence-electron chi connectivity index (χ4n) is 3.72. The van der Waals surface area contributed by atoms with Crippen molar-refractivity contribution in [1.82, 2.24) is 0 Å². The summed E-state index contributed by atoms with van der Waals surface area (Å²) >= 11 is 1.83. The van der Waals surface area contributed by atoms with Crippen molar-refractivity contribution in [1.29, 1.82) is 0 Å². The van der Waals surface area contributed by atoms with E-state index in [0.29, 0.717) is 6.54 Å². The maximum absolute atomic E-state index is 11.7. The van der Waals surface area contributed by atoms with Crippen LogP contribution in [-0.4, -0.2) is 40.8 Å². The second-order valence-corrected chi connectivity index (χ2v) is 7.85. The number of rotatable bonds is 4. The summed E-state index contributed by atoms with van der Waals surface area (Å²) in [6.07, 6.45) is 2.09. The molecule has 0 aromatic heterocycles. The van der Waals surface area contributed by atoms with E-state index in [1.54, 1.807) is 7.11 Å². The number of methoxy groups -OCH3 is 1. The molecule has 0 unspecified atom stereocenters. The fraction of sp³-hybridized carbons (Fsp3) is 0.381. The van der Waals surface area contributed by atoms with Crippen LogP contribution in [-0.2, 0) is 12.1 Å². The molecule has 0 saturated heterocycles. The molecule has 2 aromatic carbocycles. The molecule has 5 heteroatoms. The highest BCUT2D eigenvalue weighted by Gasteiger charge is 2.53. The predicted octanol–water partition coefficient (Wildman–Crippen LogP) is 3.43. The number of β-amino-alcohol motifs (C(OH)–C–C–N with tert-alkyl or cyclic N) is 1. The van der Waals surface area contributed by atoms with Gasteiger partial charge in [-0.05, 0) is 54.4 Å². The van der Waals surface area contributed by atoms with Crippen LogP contribution >= 0.6 is 11.8 Å². The summed E-state index contributed by atoms with van der Waals surface area (Å²) in [5.41, 5.74) is 2.35. The van der Waals surface area contributed by atoms with Gasteiger partial charge in [0.25, 0.3) is 5.72 Å². The molecule has 2 aromatic rings. The monoisotopic (exact) mass is 369 g/mol. The van der Waals surface area contributed by atoms with Crippen molar-refractivity contribution in [2.24, 2.45) is 0 Å². The zero-order valence-electron chi connectivity index (χ0n) is 15.3. The average molecular weight is 370 g/mol. The van der Waals surface area contributed by atoms with E-state index in [4.69, 9.17) is 4.74 Å². The van der Waals surface area contributed by atoms with Crippen LogP contribution in [0.2, 0.25) is 0 Å². The lowest BCUT2D eigenvalue weighted by atomic mass is 10.00. The normalized spacial score (nSPS) is 22.5. The summed E-state index contributed by atoms with van der Waals surface area (Å²) in [5, 5.41) is 12.8. The molecular weight excluding hydrogens is 344 g/mol. The van der Waals surface area contributed by atoms with E-state index in [-0.39, 0.29) is 0 Å². The molecule has 4 rings (SSSR count). The molecule has 2 aliphatic heterocycles. The van der Waals surface area contributed by atoms with Gasteiger partial charge in [0.05, 0.1) is 13.7 Å². The molecule has 2 aliphatic rings. The number of aliphatic hydroxyl groups is 1. The van der Waals surface area contributed by atoms with Crippen molar-refractivity contribution in [3.63, 3.8) is 0 Å². The highest BCUT2D eigenvalue weighted by Crippen LogP contribution is 2.38. The van der Waals surface area contributed by atoms with Crippen LogP contribution in [0.4, 0.5) is 5.69 Å². The Morgan fingerprint density at radius 2 is 1.88 bits per heavy atom. The second kappa shape index (κ2) is 6.97. The third-order valence-corrected chi connectivity index (χ3v) is 6.44. The Labute approximate surface area is 159 Å². The molecule has 0 bridgehead atoms. The van der Waals surface area contributed by atoms with Crippen molar-refractivity contribution in [3.05, 3.63) is 59.7 Å². The van der Waals surface area contributed by atoms with Gasteiger partial charge in [0.1, 0.15) is 11.4 Å². The molecule has 0 radical (unpaired) electrons. The number of hydrogen-bond acceptors (Lipinski definition) is 4. The summed E-state index contributed by atoms with van der Waals surface area (Å²) in [7, 11) is 1.68. The van der Waals surface area contributed by atoms with Gasteiger partial charge in [-0.2, -0.15) is 0 Å². The lowest BCUT2D eigenvalue weighted by Crippen LogP contribution is -2.41. The first kappa shape index (κ1) is 17.4. The van der Waals surface area contributed by atoms with Crippen LogP contribution in [0.1, 0.15) is 24.5 Å². The summed E-state index contributed by atoms with van der Waals surface area (Å²) in [6.45, 7) is 3.56. The Kier molecular flexibility index (Phi) is 4.67. The zero-order chi connectivity index (χ0) is 18.1. The highest BCUT2D eigenvalue weighted by molar-refractivity contribution is 8.13. The van der Waals surface area contributed by atoms with Crippen molar-refractivity contribution in [3.8, 4) is 5.75 Å². The fourth-order valence-corrected chi connectivity index (χ4v) is 4.90. The van der Waals surface area contributed by atoms with Gasteiger partial charge < -0.3 is 9.84 Å². The van der Waals surface area contributed by atoms with E-state index >= 15 is 0 Å². The van der Waals surface area contributed by atoms with E-state index in [1.165, 1.54) is 5.56 Å². The maximum Gasteiger partial charge on any atom is 0.316 e. The predicted molar refractivity (Wildman–Crippen MR) is 107 cm³/mol. The molecule has 26 heavy (non-hydrogen) atoms. The number of aryl methyl sites for hydroxylation is 1. The van der Waals surface area contributed by atoms with Gasteiger partial charge in [0, 0.05) is 11.3 Å². The van der Waals surface area contributed by atoms with Gasteiger partial charge in [0.2, 0.25) is 0 Å². The van der Waals surface area contributed by atoms with E-state index in [2.05, 4.69) is 52.8 Å². The number of amidine groups is 1. The molecule has 0 amide bonds. The minimum atomic E-state index is -0.991. The minimum Gasteiger partial charge on any atom is -0.497 e. The smallest absolute Gasteiger partial charge is 0.316 e. The summed E-state index contributed by atoms with van der Waals surface area (Å²) in [6, 6.07) is 16.5. The number of anilines is 1. The van der Waals surface area contributed by atoms with E-state index in [9.17, 15) is 5.11 Å². The van der Waals surface area contributed by atoms with Crippen molar-refractivity contribution >= 4 is 22.6 Å². The molecule has 0 spiro atoms. The molecule has 0 fully saturated rings. The van der Waals surface area contributed by atoms with Gasteiger partial charge in [-0.25, -0.2) is 9.48 Å². The second-order valence-electron chi connectivity index (χ2n) is 6.79. The first-order valence-electron chi connectivity index (χ1n) is 9.16. The topological polar surface area (TPSA) is 35.7 Å². The van der Waals surface area contributed by atoms with Gasteiger partial charge in [-0.1, -0.05) is 31.2 Å². The van der Waals surface area contributed by atoms with Crippen LogP contribution in [0.3, 0.4) is 0 Å². The Morgan fingerprint density at radius 1 is 1.15 bits per heavy atom.